The van der Waals surface area contributed by atoms with E-state index in [1.54, 1.807) is 0 Å². The van der Waals surface area contributed by atoms with Crippen molar-refractivity contribution < 1.29 is 9.47 Å². The molecule has 2 heteroatoms. The number of hydrogen-bond donors (Lipinski definition) is 0. The van der Waals surface area contributed by atoms with Gasteiger partial charge < -0.3 is 9.47 Å². The van der Waals surface area contributed by atoms with Gasteiger partial charge in [0.25, 0.3) is 0 Å². The Kier molecular flexibility index (Phi) is 5.81. The molecular formula is C10H20O2. The number of allylic oxidation sites excluding steroid dienone is 1. The summed E-state index contributed by atoms with van der Waals surface area (Å²) in [5, 5.41) is 0. The molecule has 0 rings (SSSR count). The van der Waals surface area contributed by atoms with Crippen molar-refractivity contribution in [3.63, 3.8) is 0 Å². The summed E-state index contributed by atoms with van der Waals surface area (Å²) < 4.78 is 10.8. The van der Waals surface area contributed by atoms with Crippen molar-refractivity contribution in [2.75, 3.05) is 6.61 Å². The molecule has 0 unspecified atom stereocenters. The molecule has 72 valence electrons. The van der Waals surface area contributed by atoms with Crippen molar-refractivity contribution in [3.05, 3.63) is 11.8 Å². The lowest BCUT2D eigenvalue weighted by Gasteiger charge is -2.10. The number of rotatable bonds is 5. The first-order valence-corrected chi connectivity index (χ1v) is 4.47. The molecule has 0 aromatic heterocycles. The van der Waals surface area contributed by atoms with Crippen LogP contribution in [0.4, 0.5) is 0 Å². The highest BCUT2D eigenvalue weighted by Crippen LogP contribution is 2.00. The highest BCUT2D eigenvalue weighted by Gasteiger charge is 1.95. The van der Waals surface area contributed by atoms with Gasteiger partial charge in [0.05, 0.1) is 24.6 Å². The van der Waals surface area contributed by atoms with E-state index < -0.39 is 0 Å². The average molecular weight is 172 g/mol. The lowest BCUT2D eigenvalue weighted by molar-refractivity contribution is 0.0957. The molecule has 0 aromatic carbocycles. The van der Waals surface area contributed by atoms with E-state index in [1.165, 1.54) is 0 Å². The summed E-state index contributed by atoms with van der Waals surface area (Å²) in [6.45, 7) is 10.7. The summed E-state index contributed by atoms with van der Waals surface area (Å²) in [4.78, 5) is 0. The molecule has 0 saturated carbocycles. The predicted molar refractivity (Wildman–Crippen MR) is 51.1 cm³/mol. The maximum absolute atomic E-state index is 5.41. The van der Waals surface area contributed by atoms with Crippen LogP contribution in [-0.2, 0) is 9.47 Å². The Hall–Kier alpha value is -0.500. The summed E-state index contributed by atoms with van der Waals surface area (Å²) in [7, 11) is 0. The number of ether oxygens (including phenoxy) is 2. The lowest BCUT2D eigenvalue weighted by Crippen LogP contribution is -2.04. The molecule has 0 spiro atoms. The van der Waals surface area contributed by atoms with Gasteiger partial charge in [-0.2, -0.15) is 0 Å². The Morgan fingerprint density at radius 2 is 1.75 bits per heavy atom. The molecule has 0 saturated heterocycles. The Labute approximate surface area is 75.6 Å². The van der Waals surface area contributed by atoms with Crippen molar-refractivity contribution in [2.24, 2.45) is 0 Å². The van der Waals surface area contributed by atoms with E-state index in [0.717, 1.165) is 5.76 Å². The Morgan fingerprint density at radius 3 is 2.17 bits per heavy atom. The minimum absolute atomic E-state index is 0.250. The second-order valence-electron chi connectivity index (χ2n) is 3.36. The maximum Gasteiger partial charge on any atom is 0.0926 e. The van der Waals surface area contributed by atoms with Gasteiger partial charge in [-0.3, -0.25) is 0 Å². The first-order chi connectivity index (χ1) is 5.52. The third-order valence-corrected chi connectivity index (χ3v) is 1.22. The average Bonchev–Trinajstić information content (AvgIpc) is 1.84. The van der Waals surface area contributed by atoms with Gasteiger partial charge in [0, 0.05) is 0 Å². The van der Waals surface area contributed by atoms with Crippen LogP contribution < -0.4 is 0 Å². The van der Waals surface area contributed by atoms with Gasteiger partial charge in [0.1, 0.15) is 0 Å². The quantitative estimate of drug-likeness (QED) is 0.594. The molecule has 0 aromatic rings. The molecule has 0 aliphatic rings. The summed E-state index contributed by atoms with van der Waals surface area (Å²) in [6, 6.07) is 0. The molecule has 0 aliphatic carbocycles. The van der Waals surface area contributed by atoms with Crippen LogP contribution >= 0.6 is 0 Å². The van der Waals surface area contributed by atoms with Crippen molar-refractivity contribution in [3.8, 4) is 0 Å². The van der Waals surface area contributed by atoms with E-state index in [0.29, 0.717) is 6.61 Å². The zero-order valence-electron chi connectivity index (χ0n) is 8.76. The van der Waals surface area contributed by atoms with Crippen LogP contribution in [0, 0.1) is 0 Å². The first kappa shape index (κ1) is 11.5. The molecule has 0 amide bonds. The minimum atomic E-state index is 0.250. The van der Waals surface area contributed by atoms with Gasteiger partial charge in [0.15, 0.2) is 0 Å². The Balaban J connectivity index is 3.55. The van der Waals surface area contributed by atoms with Crippen molar-refractivity contribution >= 4 is 0 Å². The first-order valence-electron chi connectivity index (χ1n) is 4.47. The van der Waals surface area contributed by atoms with Crippen LogP contribution in [0.25, 0.3) is 0 Å². The maximum atomic E-state index is 5.41. The summed E-state index contributed by atoms with van der Waals surface area (Å²) in [5.74, 6) is 0.936. The van der Waals surface area contributed by atoms with Crippen molar-refractivity contribution in [2.45, 2.75) is 46.8 Å². The number of hydrogen-bond acceptors (Lipinski definition) is 2. The van der Waals surface area contributed by atoms with E-state index in [-0.39, 0.29) is 12.2 Å². The standard InChI is InChI=1S/C10H20O2/c1-8(2)11-7-6-10(5)12-9(3)4/h6,8-9H,7H2,1-5H3. The van der Waals surface area contributed by atoms with E-state index in [9.17, 15) is 0 Å². The third-order valence-electron chi connectivity index (χ3n) is 1.22. The van der Waals surface area contributed by atoms with Gasteiger partial charge in [0.2, 0.25) is 0 Å². The summed E-state index contributed by atoms with van der Waals surface area (Å²) >= 11 is 0. The topological polar surface area (TPSA) is 18.5 Å². The van der Waals surface area contributed by atoms with Gasteiger partial charge in [-0.25, -0.2) is 0 Å². The van der Waals surface area contributed by atoms with Crippen molar-refractivity contribution in [1.29, 1.82) is 0 Å². The van der Waals surface area contributed by atoms with Gasteiger partial charge >= 0.3 is 0 Å². The molecule has 0 N–H and O–H groups in total. The van der Waals surface area contributed by atoms with E-state index >= 15 is 0 Å². The van der Waals surface area contributed by atoms with E-state index in [4.69, 9.17) is 9.47 Å². The molecule has 0 fully saturated rings. The smallest absolute Gasteiger partial charge is 0.0926 e. The van der Waals surface area contributed by atoms with Crippen LogP contribution in [0.15, 0.2) is 11.8 Å². The molecular weight excluding hydrogens is 152 g/mol. The van der Waals surface area contributed by atoms with Gasteiger partial charge in [-0.1, -0.05) is 0 Å². The summed E-state index contributed by atoms with van der Waals surface area (Å²) in [6.07, 6.45) is 2.49. The van der Waals surface area contributed by atoms with Crippen molar-refractivity contribution in [1.82, 2.24) is 0 Å². The lowest BCUT2D eigenvalue weighted by atomic mass is 10.4. The monoisotopic (exact) mass is 172 g/mol. The molecule has 0 bridgehead atoms. The van der Waals surface area contributed by atoms with Crippen LogP contribution in [0.2, 0.25) is 0 Å². The third kappa shape index (κ3) is 7.61. The van der Waals surface area contributed by atoms with Gasteiger partial charge in [-0.05, 0) is 40.7 Å². The fourth-order valence-corrected chi connectivity index (χ4v) is 0.778. The predicted octanol–water partition coefficient (Wildman–Crippen LogP) is 2.74. The molecule has 0 radical (unpaired) electrons. The van der Waals surface area contributed by atoms with E-state index in [2.05, 4.69) is 0 Å². The van der Waals surface area contributed by atoms with Gasteiger partial charge in [-0.15, -0.1) is 0 Å². The molecule has 2 nitrogen and oxygen atoms in total. The van der Waals surface area contributed by atoms with Crippen LogP contribution in [0.1, 0.15) is 34.6 Å². The summed E-state index contributed by atoms with van der Waals surface area (Å²) in [5.41, 5.74) is 0. The highest BCUT2D eigenvalue weighted by atomic mass is 16.5. The molecule has 0 atom stereocenters. The normalized spacial score (nSPS) is 12.8. The van der Waals surface area contributed by atoms with Crippen LogP contribution in [-0.4, -0.2) is 18.8 Å². The van der Waals surface area contributed by atoms with E-state index in [1.807, 2.05) is 40.7 Å². The molecule has 0 heterocycles. The fraction of sp³-hybridized carbons (Fsp3) is 0.800. The molecule has 12 heavy (non-hydrogen) atoms. The van der Waals surface area contributed by atoms with Crippen LogP contribution in [0.5, 0.6) is 0 Å². The Morgan fingerprint density at radius 1 is 1.17 bits per heavy atom. The molecule has 0 aliphatic heterocycles. The SMILES string of the molecule is CC(=CCOC(C)C)OC(C)C. The zero-order chi connectivity index (χ0) is 9.56. The Bertz CT molecular complexity index is 137. The minimum Gasteiger partial charge on any atom is -0.496 e. The second-order valence-corrected chi connectivity index (χ2v) is 3.36. The van der Waals surface area contributed by atoms with Crippen LogP contribution in [0.3, 0.4) is 0 Å². The highest BCUT2D eigenvalue weighted by molar-refractivity contribution is 4.88. The second kappa shape index (κ2) is 6.06. The zero-order valence-corrected chi connectivity index (χ0v) is 8.76. The fourth-order valence-electron chi connectivity index (χ4n) is 0.778. The largest absolute Gasteiger partial charge is 0.496 e.